The fourth-order valence-electron chi connectivity index (χ4n) is 3.98. The highest BCUT2D eigenvalue weighted by Crippen LogP contribution is 2.41. The standard InChI is InChI=1S/C22H33N3O3/c1-7-15-10-17-14(2)24(5)18-12-20(28-9-8-22(3,4)23)19(27-6)11-16(18)21(26)25(17)13-15/h7,11-12,14,17H,8-10,13,23H2,1-6H3/b15-7+/t14?,17-/m0/s1. The minimum Gasteiger partial charge on any atom is -0.493 e. The Balaban J connectivity index is 1.97. The average Bonchev–Trinajstić information content (AvgIpc) is 3.06. The van der Waals surface area contributed by atoms with Crippen molar-refractivity contribution in [1.82, 2.24) is 4.90 Å². The number of methoxy groups -OCH3 is 1. The Bertz CT molecular complexity index is 782. The number of carbonyl (C=O) groups excluding carboxylic acids is 1. The fourth-order valence-corrected chi connectivity index (χ4v) is 3.98. The molecule has 28 heavy (non-hydrogen) atoms. The molecule has 0 bridgehead atoms. The number of carbonyl (C=O) groups is 1. The fraction of sp³-hybridized carbons (Fsp3) is 0.591. The van der Waals surface area contributed by atoms with Gasteiger partial charge >= 0.3 is 0 Å². The Morgan fingerprint density at radius 3 is 2.64 bits per heavy atom. The number of amides is 1. The zero-order valence-corrected chi connectivity index (χ0v) is 17.9. The summed E-state index contributed by atoms with van der Waals surface area (Å²) >= 11 is 0. The summed E-state index contributed by atoms with van der Waals surface area (Å²) < 4.78 is 11.5. The van der Waals surface area contributed by atoms with Crippen molar-refractivity contribution in [2.45, 2.75) is 58.2 Å². The van der Waals surface area contributed by atoms with E-state index < -0.39 is 0 Å². The van der Waals surface area contributed by atoms with Gasteiger partial charge in [-0.1, -0.05) is 11.6 Å². The van der Waals surface area contributed by atoms with Crippen molar-refractivity contribution >= 4 is 11.6 Å². The molecule has 0 spiro atoms. The number of fused-ring (bicyclic) bond motifs is 2. The first-order chi connectivity index (χ1) is 13.2. The molecule has 2 aliphatic rings. The van der Waals surface area contributed by atoms with E-state index in [-0.39, 0.29) is 23.5 Å². The number of anilines is 1. The SMILES string of the molecule is C/C=C1\C[C@H]2C(C)N(C)c3cc(OCCC(C)(C)N)c(OC)cc3C(=O)N2C1. The second-order valence-corrected chi connectivity index (χ2v) is 8.61. The molecule has 0 aromatic heterocycles. The lowest BCUT2D eigenvalue weighted by Crippen LogP contribution is -2.45. The lowest BCUT2D eigenvalue weighted by molar-refractivity contribution is 0.0733. The van der Waals surface area contributed by atoms with Crippen molar-refractivity contribution in [1.29, 1.82) is 0 Å². The van der Waals surface area contributed by atoms with Gasteiger partial charge < -0.3 is 25.0 Å². The predicted molar refractivity (Wildman–Crippen MR) is 112 cm³/mol. The summed E-state index contributed by atoms with van der Waals surface area (Å²) in [5.74, 6) is 1.28. The highest BCUT2D eigenvalue weighted by Gasteiger charge is 2.41. The minimum atomic E-state index is -0.296. The number of hydrogen-bond donors (Lipinski definition) is 1. The summed E-state index contributed by atoms with van der Waals surface area (Å²) in [5.41, 5.74) is 8.63. The zero-order chi connectivity index (χ0) is 20.6. The van der Waals surface area contributed by atoms with Gasteiger partial charge in [0.2, 0.25) is 0 Å². The van der Waals surface area contributed by atoms with Crippen molar-refractivity contribution in [3.8, 4) is 11.5 Å². The summed E-state index contributed by atoms with van der Waals surface area (Å²) in [6, 6.07) is 4.13. The van der Waals surface area contributed by atoms with Crippen LogP contribution in [0.4, 0.5) is 5.69 Å². The van der Waals surface area contributed by atoms with Crippen molar-refractivity contribution < 1.29 is 14.3 Å². The predicted octanol–water partition coefficient (Wildman–Crippen LogP) is 3.20. The molecule has 1 fully saturated rings. The van der Waals surface area contributed by atoms with Gasteiger partial charge in [0.25, 0.3) is 5.91 Å². The van der Waals surface area contributed by atoms with Gasteiger partial charge in [-0.25, -0.2) is 0 Å². The van der Waals surface area contributed by atoms with Crippen LogP contribution in [0.2, 0.25) is 0 Å². The van der Waals surface area contributed by atoms with Crippen LogP contribution >= 0.6 is 0 Å². The molecule has 1 aromatic carbocycles. The lowest BCUT2D eigenvalue weighted by atomic mass is 10.0. The monoisotopic (exact) mass is 387 g/mol. The zero-order valence-electron chi connectivity index (χ0n) is 17.9. The van der Waals surface area contributed by atoms with Gasteiger partial charge in [0.05, 0.1) is 31.0 Å². The number of likely N-dealkylation sites (N-methyl/N-ethyl adjacent to an activating group) is 1. The molecule has 1 saturated heterocycles. The molecule has 6 heteroatoms. The number of hydrogen-bond acceptors (Lipinski definition) is 5. The van der Waals surface area contributed by atoms with Crippen LogP contribution < -0.4 is 20.1 Å². The molecule has 1 amide bonds. The van der Waals surface area contributed by atoms with Crippen molar-refractivity contribution in [2.24, 2.45) is 5.73 Å². The smallest absolute Gasteiger partial charge is 0.256 e. The van der Waals surface area contributed by atoms with Gasteiger partial charge in [-0.05, 0) is 46.6 Å². The van der Waals surface area contributed by atoms with Crippen LogP contribution in [0.1, 0.15) is 50.9 Å². The first-order valence-corrected chi connectivity index (χ1v) is 9.98. The van der Waals surface area contributed by atoms with Crippen LogP contribution in [0.25, 0.3) is 0 Å². The Labute approximate surface area is 168 Å². The minimum absolute atomic E-state index is 0.0565. The molecule has 3 rings (SSSR count). The first-order valence-electron chi connectivity index (χ1n) is 9.98. The number of benzene rings is 1. The molecular formula is C22H33N3O3. The highest BCUT2D eigenvalue weighted by atomic mass is 16.5. The van der Waals surface area contributed by atoms with Crippen LogP contribution in [0.15, 0.2) is 23.8 Å². The maximum atomic E-state index is 13.4. The third kappa shape index (κ3) is 3.83. The molecule has 6 nitrogen and oxygen atoms in total. The summed E-state index contributed by atoms with van der Waals surface area (Å²) in [6.07, 6.45) is 3.78. The maximum Gasteiger partial charge on any atom is 0.256 e. The summed E-state index contributed by atoms with van der Waals surface area (Å²) in [6.45, 7) is 9.37. The molecule has 0 saturated carbocycles. The second-order valence-electron chi connectivity index (χ2n) is 8.61. The second kappa shape index (κ2) is 7.66. The van der Waals surface area contributed by atoms with Gasteiger partial charge in [-0.15, -0.1) is 0 Å². The molecule has 1 aromatic rings. The molecule has 0 radical (unpaired) electrons. The average molecular weight is 388 g/mol. The topological polar surface area (TPSA) is 68.0 Å². The van der Waals surface area contributed by atoms with E-state index in [9.17, 15) is 4.79 Å². The first kappa shape index (κ1) is 20.5. The molecule has 2 N–H and O–H groups in total. The lowest BCUT2D eigenvalue weighted by Gasteiger charge is -2.32. The number of allylic oxidation sites excluding steroid dienone is 1. The van der Waals surface area contributed by atoms with Crippen molar-refractivity contribution in [2.75, 3.05) is 32.2 Å². The normalized spacial score (nSPS) is 23.5. The molecule has 2 atom stereocenters. The number of nitrogens with two attached hydrogens (primary N) is 1. The maximum absolute atomic E-state index is 13.4. The van der Waals surface area contributed by atoms with Crippen molar-refractivity contribution in [3.05, 3.63) is 29.3 Å². The number of rotatable bonds is 5. The third-order valence-electron chi connectivity index (χ3n) is 5.98. The Morgan fingerprint density at radius 2 is 2.04 bits per heavy atom. The van der Waals surface area contributed by atoms with Gasteiger partial charge in [-0.2, -0.15) is 0 Å². The van der Waals surface area contributed by atoms with Gasteiger partial charge in [0, 0.05) is 31.2 Å². The Hall–Kier alpha value is -2.21. The van der Waals surface area contributed by atoms with Crippen molar-refractivity contribution in [3.63, 3.8) is 0 Å². The summed E-state index contributed by atoms with van der Waals surface area (Å²) in [7, 11) is 3.65. The Morgan fingerprint density at radius 1 is 1.32 bits per heavy atom. The summed E-state index contributed by atoms with van der Waals surface area (Å²) in [4.78, 5) is 17.5. The number of ether oxygens (including phenoxy) is 2. The van der Waals surface area contributed by atoms with Gasteiger partial charge in [-0.3, -0.25) is 4.79 Å². The van der Waals surface area contributed by atoms with E-state index in [1.807, 2.05) is 44.9 Å². The van der Waals surface area contributed by atoms with Gasteiger partial charge in [0.1, 0.15) is 0 Å². The number of nitrogens with zero attached hydrogens (tertiary/aromatic N) is 2. The molecule has 2 heterocycles. The van der Waals surface area contributed by atoms with Gasteiger partial charge in [0.15, 0.2) is 11.5 Å². The molecule has 154 valence electrons. The van der Waals surface area contributed by atoms with Crippen LogP contribution in [-0.2, 0) is 0 Å². The van der Waals surface area contributed by atoms with E-state index in [1.54, 1.807) is 7.11 Å². The van der Waals surface area contributed by atoms with E-state index in [2.05, 4.69) is 17.9 Å². The van der Waals surface area contributed by atoms with E-state index >= 15 is 0 Å². The van der Waals surface area contributed by atoms with Crippen LogP contribution in [0, 0.1) is 0 Å². The molecule has 2 aliphatic heterocycles. The van der Waals surface area contributed by atoms with E-state index in [0.29, 0.717) is 30.2 Å². The van der Waals surface area contributed by atoms with Crippen LogP contribution in [0.3, 0.4) is 0 Å². The summed E-state index contributed by atoms with van der Waals surface area (Å²) in [5, 5.41) is 0. The largest absolute Gasteiger partial charge is 0.493 e. The highest BCUT2D eigenvalue weighted by molar-refractivity contribution is 6.02. The van der Waals surface area contributed by atoms with E-state index in [0.717, 1.165) is 18.5 Å². The Kier molecular flexibility index (Phi) is 5.62. The third-order valence-corrected chi connectivity index (χ3v) is 5.98. The van der Waals surface area contributed by atoms with Crippen LogP contribution in [0.5, 0.6) is 11.5 Å². The van der Waals surface area contributed by atoms with E-state index in [4.69, 9.17) is 15.2 Å². The molecule has 1 unspecified atom stereocenters. The molecule has 0 aliphatic carbocycles. The van der Waals surface area contributed by atoms with Crippen LogP contribution in [-0.4, -0.2) is 55.7 Å². The van der Waals surface area contributed by atoms with E-state index in [1.165, 1.54) is 5.57 Å². The molecular weight excluding hydrogens is 354 g/mol. The quantitative estimate of drug-likeness (QED) is 0.786.